The van der Waals surface area contributed by atoms with Gasteiger partial charge in [0.25, 0.3) is 0 Å². The fraction of sp³-hybridized carbons (Fsp3) is 0.333. The zero-order chi connectivity index (χ0) is 11.4. The van der Waals surface area contributed by atoms with Crippen LogP contribution in [0, 0.1) is 24.6 Å². The van der Waals surface area contributed by atoms with Gasteiger partial charge in [-0.2, -0.15) is 0 Å². The van der Waals surface area contributed by atoms with E-state index in [-0.39, 0.29) is 11.9 Å². The van der Waals surface area contributed by atoms with Gasteiger partial charge in [0.15, 0.2) is 0 Å². The van der Waals surface area contributed by atoms with E-state index in [0.717, 1.165) is 6.42 Å². The van der Waals surface area contributed by atoms with Crippen LogP contribution in [0.2, 0.25) is 5.02 Å². The Bertz CT molecular complexity index is 418. The number of hydrogen-bond acceptors (Lipinski definition) is 1. The first kappa shape index (κ1) is 12.0. The van der Waals surface area contributed by atoms with E-state index < -0.39 is 0 Å². The average Bonchev–Trinajstić information content (AvgIpc) is 2.21. The zero-order valence-corrected chi connectivity index (χ0v) is 9.53. The first-order valence-corrected chi connectivity index (χ1v) is 5.15. The molecule has 3 heteroatoms. The van der Waals surface area contributed by atoms with Gasteiger partial charge in [0, 0.05) is 5.56 Å². The van der Waals surface area contributed by atoms with Crippen molar-refractivity contribution in [2.75, 3.05) is 0 Å². The molecular formula is C12H13ClFN. The molecule has 0 fully saturated rings. The van der Waals surface area contributed by atoms with E-state index in [4.69, 9.17) is 17.3 Å². The molecule has 1 nitrogen and oxygen atoms in total. The minimum absolute atomic E-state index is 0.161. The second-order valence-electron chi connectivity index (χ2n) is 3.37. The molecule has 0 saturated carbocycles. The Balaban J connectivity index is 3.04. The van der Waals surface area contributed by atoms with Gasteiger partial charge in [0.2, 0.25) is 0 Å². The van der Waals surface area contributed by atoms with Gasteiger partial charge in [0.1, 0.15) is 5.82 Å². The molecule has 0 aliphatic rings. The summed E-state index contributed by atoms with van der Waals surface area (Å²) >= 11 is 5.84. The van der Waals surface area contributed by atoms with Crippen molar-refractivity contribution in [3.05, 3.63) is 34.1 Å². The Hall–Kier alpha value is -1.04. The van der Waals surface area contributed by atoms with Crippen molar-refractivity contribution in [3.8, 4) is 11.8 Å². The first-order chi connectivity index (χ1) is 7.04. The summed E-state index contributed by atoms with van der Waals surface area (Å²) in [6, 6.07) is 2.75. The highest BCUT2D eigenvalue weighted by molar-refractivity contribution is 6.31. The van der Waals surface area contributed by atoms with Gasteiger partial charge in [-0.05, 0) is 31.0 Å². The fourth-order valence-electron chi connectivity index (χ4n) is 1.03. The molecule has 0 saturated heterocycles. The lowest BCUT2D eigenvalue weighted by Crippen LogP contribution is -2.15. The van der Waals surface area contributed by atoms with Crippen LogP contribution < -0.4 is 5.73 Å². The van der Waals surface area contributed by atoms with Crippen LogP contribution in [0.1, 0.15) is 24.5 Å². The fourth-order valence-corrected chi connectivity index (χ4v) is 1.22. The highest BCUT2D eigenvalue weighted by Gasteiger charge is 2.03. The minimum atomic E-state index is -0.315. The van der Waals surface area contributed by atoms with Crippen LogP contribution in [0.5, 0.6) is 0 Å². The second kappa shape index (κ2) is 5.16. The van der Waals surface area contributed by atoms with E-state index in [1.54, 1.807) is 13.0 Å². The predicted molar refractivity (Wildman–Crippen MR) is 61.3 cm³/mol. The van der Waals surface area contributed by atoms with Gasteiger partial charge < -0.3 is 5.73 Å². The molecule has 0 aliphatic heterocycles. The molecule has 1 aromatic rings. The van der Waals surface area contributed by atoms with Crippen LogP contribution >= 0.6 is 11.6 Å². The molecule has 80 valence electrons. The summed E-state index contributed by atoms with van der Waals surface area (Å²) in [6.07, 6.45) is 0.783. The predicted octanol–water partition coefficient (Wildman–Crippen LogP) is 2.88. The first-order valence-electron chi connectivity index (χ1n) is 4.77. The summed E-state index contributed by atoms with van der Waals surface area (Å²) in [6.45, 7) is 3.63. The Kier molecular flexibility index (Phi) is 4.14. The number of nitrogens with two attached hydrogens (primary N) is 1. The Morgan fingerprint density at radius 1 is 1.53 bits per heavy atom. The lowest BCUT2D eigenvalue weighted by molar-refractivity contribution is 0.618. The Morgan fingerprint density at radius 3 is 2.80 bits per heavy atom. The van der Waals surface area contributed by atoms with Gasteiger partial charge >= 0.3 is 0 Å². The zero-order valence-electron chi connectivity index (χ0n) is 8.77. The lowest BCUT2D eigenvalue weighted by Gasteiger charge is -2.01. The molecule has 0 radical (unpaired) electrons. The van der Waals surface area contributed by atoms with E-state index in [0.29, 0.717) is 16.1 Å². The van der Waals surface area contributed by atoms with Crippen LogP contribution in [0.25, 0.3) is 0 Å². The summed E-state index contributed by atoms with van der Waals surface area (Å²) in [7, 11) is 0. The summed E-state index contributed by atoms with van der Waals surface area (Å²) in [5.41, 5.74) is 6.81. The molecule has 1 atom stereocenters. The van der Waals surface area contributed by atoms with Crippen LogP contribution in [-0.2, 0) is 0 Å². The number of benzene rings is 1. The molecule has 2 N–H and O–H groups in total. The molecule has 1 unspecified atom stereocenters. The average molecular weight is 226 g/mol. The third kappa shape index (κ3) is 3.23. The van der Waals surface area contributed by atoms with Gasteiger partial charge in [-0.1, -0.05) is 30.4 Å². The molecule has 0 bridgehead atoms. The summed E-state index contributed by atoms with van der Waals surface area (Å²) < 4.78 is 13.1. The number of rotatable bonds is 1. The van der Waals surface area contributed by atoms with Crippen molar-refractivity contribution in [3.63, 3.8) is 0 Å². The maximum Gasteiger partial charge on any atom is 0.127 e. The van der Waals surface area contributed by atoms with Gasteiger partial charge in [-0.25, -0.2) is 4.39 Å². The van der Waals surface area contributed by atoms with Crippen molar-refractivity contribution >= 4 is 11.6 Å². The molecule has 0 aliphatic carbocycles. The highest BCUT2D eigenvalue weighted by Crippen LogP contribution is 2.19. The molecule has 1 aromatic carbocycles. The van der Waals surface area contributed by atoms with Gasteiger partial charge in [-0.3, -0.25) is 0 Å². The van der Waals surface area contributed by atoms with Gasteiger partial charge in [-0.15, -0.1) is 0 Å². The second-order valence-corrected chi connectivity index (χ2v) is 3.77. The molecule has 0 spiro atoms. The topological polar surface area (TPSA) is 26.0 Å². The third-order valence-electron chi connectivity index (χ3n) is 2.08. The van der Waals surface area contributed by atoms with E-state index in [9.17, 15) is 4.39 Å². The van der Waals surface area contributed by atoms with Crippen molar-refractivity contribution < 1.29 is 4.39 Å². The van der Waals surface area contributed by atoms with E-state index in [1.807, 2.05) is 6.92 Å². The smallest absolute Gasteiger partial charge is 0.127 e. The number of halogens is 2. The Morgan fingerprint density at radius 2 is 2.20 bits per heavy atom. The summed E-state index contributed by atoms with van der Waals surface area (Å²) in [5, 5.41) is 0.328. The standard InChI is InChI=1S/C12H13ClFN/c1-3-10(15)5-4-9-6-8(2)12(14)7-11(9)13/h6-7,10H,3,15H2,1-2H3. The van der Waals surface area contributed by atoms with E-state index in [2.05, 4.69) is 11.8 Å². The van der Waals surface area contributed by atoms with Crippen molar-refractivity contribution in [2.24, 2.45) is 5.73 Å². The normalized spacial score (nSPS) is 11.8. The van der Waals surface area contributed by atoms with Crippen molar-refractivity contribution in [1.29, 1.82) is 0 Å². The maximum atomic E-state index is 13.1. The van der Waals surface area contributed by atoms with Crippen LogP contribution in [-0.4, -0.2) is 6.04 Å². The van der Waals surface area contributed by atoms with Crippen LogP contribution in [0.3, 0.4) is 0 Å². The molecule has 0 aromatic heterocycles. The van der Waals surface area contributed by atoms with Crippen molar-refractivity contribution in [2.45, 2.75) is 26.3 Å². The monoisotopic (exact) mass is 225 g/mol. The van der Waals surface area contributed by atoms with E-state index >= 15 is 0 Å². The van der Waals surface area contributed by atoms with E-state index in [1.165, 1.54) is 6.07 Å². The number of aryl methyl sites for hydroxylation is 1. The maximum absolute atomic E-state index is 13.1. The molecular weight excluding hydrogens is 213 g/mol. The highest BCUT2D eigenvalue weighted by atomic mass is 35.5. The summed E-state index contributed by atoms with van der Waals surface area (Å²) in [5.74, 6) is 5.40. The lowest BCUT2D eigenvalue weighted by atomic mass is 10.1. The Labute approximate surface area is 94.4 Å². The molecule has 15 heavy (non-hydrogen) atoms. The van der Waals surface area contributed by atoms with Crippen molar-refractivity contribution in [1.82, 2.24) is 0 Å². The molecule has 1 rings (SSSR count). The molecule has 0 amide bonds. The largest absolute Gasteiger partial charge is 0.318 e. The van der Waals surface area contributed by atoms with Gasteiger partial charge in [0.05, 0.1) is 11.1 Å². The minimum Gasteiger partial charge on any atom is -0.318 e. The summed E-state index contributed by atoms with van der Waals surface area (Å²) in [4.78, 5) is 0. The quantitative estimate of drug-likeness (QED) is 0.731. The number of hydrogen-bond donors (Lipinski definition) is 1. The SMILES string of the molecule is CCC(N)C#Cc1cc(C)c(F)cc1Cl. The van der Waals surface area contributed by atoms with Crippen LogP contribution in [0.15, 0.2) is 12.1 Å². The van der Waals surface area contributed by atoms with Crippen LogP contribution in [0.4, 0.5) is 4.39 Å². The molecule has 0 heterocycles. The third-order valence-corrected chi connectivity index (χ3v) is 2.39.